The second-order valence-electron chi connectivity index (χ2n) is 4.88. The normalized spacial score (nSPS) is 17.0. The van der Waals surface area contributed by atoms with Crippen molar-refractivity contribution in [1.82, 2.24) is 10.2 Å². The van der Waals surface area contributed by atoms with E-state index in [2.05, 4.69) is 16.3 Å². The molecule has 5 heteroatoms. The Bertz CT molecular complexity index is 493. The Morgan fingerprint density at radius 1 is 1.24 bits per heavy atom. The Hall–Kier alpha value is -1.77. The van der Waals surface area contributed by atoms with Crippen LogP contribution in [0.25, 0.3) is 0 Å². The molecule has 1 aromatic rings. The van der Waals surface area contributed by atoms with E-state index in [4.69, 9.17) is 9.47 Å². The quantitative estimate of drug-likeness (QED) is 0.867. The van der Waals surface area contributed by atoms with Crippen molar-refractivity contribution in [3.05, 3.63) is 23.8 Å². The topological polar surface area (TPSA) is 57.5 Å². The predicted molar refractivity (Wildman–Crippen MR) is 81.6 cm³/mol. The summed E-state index contributed by atoms with van der Waals surface area (Å²) in [6.45, 7) is 8.66. The average Bonchev–Trinajstić information content (AvgIpc) is 2.52. The second-order valence-corrected chi connectivity index (χ2v) is 4.88. The third-order valence-electron chi connectivity index (χ3n) is 3.53. The van der Waals surface area contributed by atoms with E-state index in [0.29, 0.717) is 13.2 Å². The number of rotatable bonds is 6. The third kappa shape index (κ3) is 3.87. The molecule has 0 saturated carbocycles. The van der Waals surface area contributed by atoms with E-state index >= 15 is 0 Å². The summed E-state index contributed by atoms with van der Waals surface area (Å²) in [6.07, 6.45) is 0. The lowest BCUT2D eigenvalue weighted by molar-refractivity contribution is 0.203. The number of ether oxygens (including phenoxy) is 2. The number of hydrogen-bond acceptors (Lipinski definition) is 5. The van der Waals surface area contributed by atoms with Gasteiger partial charge in [-0.15, -0.1) is 0 Å². The Morgan fingerprint density at radius 3 is 2.57 bits per heavy atom. The molecule has 1 aliphatic rings. The van der Waals surface area contributed by atoms with E-state index in [1.54, 1.807) is 0 Å². The van der Waals surface area contributed by atoms with Crippen molar-refractivity contribution in [1.29, 1.82) is 5.26 Å². The Morgan fingerprint density at radius 2 is 1.95 bits per heavy atom. The zero-order valence-electron chi connectivity index (χ0n) is 12.8. The van der Waals surface area contributed by atoms with Gasteiger partial charge in [0, 0.05) is 37.8 Å². The van der Waals surface area contributed by atoms with Crippen molar-refractivity contribution < 1.29 is 9.47 Å². The first-order valence-electron chi connectivity index (χ1n) is 7.54. The third-order valence-corrected chi connectivity index (χ3v) is 3.53. The van der Waals surface area contributed by atoms with Crippen molar-refractivity contribution in [3.63, 3.8) is 0 Å². The van der Waals surface area contributed by atoms with Crippen molar-refractivity contribution in [2.75, 3.05) is 39.4 Å². The molecule has 1 aromatic carbocycles. The zero-order valence-corrected chi connectivity index (χ0v) is 12.8. The molecule has 1 unspecified atom stereocenters. The van der Waals surface area contributed by atoms with Crippen LogP contribution < -0.4 is 14.8 Å². The highest BCUT2D eigenvalue weighted by atomic mass is 16.5. The number of nitriles is 1. The van der Waals surface area contributed by atoms with Crippen LogP contribution in [0.1, 0.15) is 25.5 Å². The SMILES string of the molecule is CCOc1ccc(C(C#N)N2CCNCC2)c(OCC)c1. The van der Waals surface area contributed by atoms with E-state index in [9.17, 15) is 5.26 Å². The molecule has 0 aliphatic carbocycles. The van der Waals surface area contributed by atoms with Gasteiger partial charge in [-0.25, -0.2) is 0 Å². The highest BCUT2D eigenvalue weighted by Gasteiger charge is 2.25. The molecule has 5 nitrogen and oxygen atoms in total. The van der Waals surface area contributed by atoms with Crippen LogP contribution in [0.15, 0.2) is 18.2 Å². The highest BCUT2D eigenvalue weighted by Crippen LogP contribution is 2.32. The summed E-state index contributed by atoms with van der Waals surface area (Å²) >= 11 is 0. The number of hydrogen-bond donors (Lipinski definition) is 1. The van der Waals surface area contributed by atoms with Gasteiger partial charge in [-0.05, 0) is 26.0 Å². The van der Waals surface area contributed by atoms with Gasteiger partial charge < -0.3 is 14.8 Å². The van der Waals surface area contributed by atoms with Gasteiger partial charge in [0.2, 0.25) is 0 Å². The minimum absolute atomic E-state index is 0.274. The van der Waals surface area contributed by atoms with E-state index in [1.165, 1.54) is 0 Å². The van der Waals surface area contributed by atoms with Crippen molar-refractivity contribution in [2.45, 2.75) is 19.9 Å². The summed E-state index contributed by atoms with van der Waals surface area (Å²) in [4.78, 5) is 2.19. The molecule has 1 fully saturated rings. The molecule has 0 radical (unpaired) electrons. The van der Waals surface area contributed by atoms with Crippen molar-refractivity contribution in [2.24, 2.45) is 0 Å². The molecule has 0 spiro atoms. The lowest BCUT2D eigenvalue weighted by atomic mass is 10.0. The first-order chi connectivity index (χ1) is 10.3. The van der Waals surface area contributed by atoms with Gasteiger partial charge in [0.15, 0.2) is 0 Å². The van der Waals surface area contributed by atoms with Crippen LogP contribution in [-0.4, -0.2) is 44.3 Å². The number of piperazine rings is 1. The van der Waals surface area contributed by atoms with Crippen molar-refractivity contribution in [3.8, 4) is 17.6 Å². The van der Waals surface area contributed by atoms with E-state index < -0.39 is 0 Å². The molecule has 1 aliphatic heterocycles. The standard InChI is InChI=1S/C16H23N3O2/c1-3-20-13-5-6-14(16(11-13)21-4-2)15(12-17)19-9-7-18-8-10-19/h5-6,11,15,18H,3-4,7-10H2,1-2H3. The molecule has 1 heterocycles. The van der Waals surface area contributed by atoms with Crippen LogP contribution in [0.2, 0.25) is 0 Å². The Balaban J connectivity index is 2.28. The molecule has 0 bridgehead atoms. The fourth-order valence-corrected chi connectivity index (χ4v) is 2.57. The molecular weight excluding hydrogens is 266 g/mol. The average molecular weight is 289 g/mol. The van der Waals surface area contributed by atoms with Crippen molar-refractivity contribution >= 4 is 0 Å². The van der Waals surface area contributed by atoms with Gasteiger partial charge in [-0.3, -0.25) is 4.90 Å². The van der Waals surface area contributed by atoms with Gasteiger partial charge in [-0.1, -0.05) is 0 Å². The largest absolute Gasteiger partial charge is 0.494 e. The molecule has 114 valence electrons. The second kappa shape index (κ2) is 7.87. The molecule has 1 atom stereocenters. The summed E-state index contributed by atoms with van der Waals surface area (Å²) < 4.78 is 11.2. The van der Waals surface area contributed by atoms with Crippen LogP contribution >= 0.6 is 0 Å². The van der Waals surface area contributed by atoms with Crippen LogP contribution in [0, 0.1) is 11.3 Å². The van der Waals surface area contributed by atoms with Crippen LogP contribution in [0.4, 0.5) is 0 Å². The minimum atomic E-state index is -0.274. The van der Waals surface area contributed by atoms with Crippen LogP contribution in [-0.2, 0) is 0 Å². The smallest absolute Gasteiger partial charge is 0.128 e. The summed E-state index contributed by atoms with van der Waals surface area (Å²) in [6, 6.07) is 7.89. The number of nitrogens with one attached hydrogen (secondary N) is 1. The first-order valence-corrected chi connectivity index (χ1v) is 7.54. The predicted octanol–water partition coefficient (Wildman–Crippen LogP) is 1.95. The molecular formula is C16H23N3O2. The van der Waals surface area contributed by atoms with E-state index in [0.717, 1.165) is 43.2 Å². The lowest BCUT2D eigenvalue weighted by Gasteiger charge is -2.32. The molecule has 2 rings (SSSR count). The number of nitrogens with zero attached hydrogens (tertiary/aromatic N) is 2. The summed E-state index contributed by atoms with van der Waals surface area (Å²) in [5.74, 6) is 1.52. The fourth-order valence-electron chi connectivity index (χ4n) is 2.57. The van der Waals surface area contributed by atoms with Gasteiger partial charge in [0.25, 0.3) is 0 Å². The highest BCUT2D eigenvalue weighted by molar-refractivity contribution is 5.44. The monoisotopic (exact) mass is 289 g/mol. The Labute approximate surface area is 126 Å². The van der Waals surface area contributed by atoms with Crippen LogP contribution in [0.5, 0.6) is 11.5 Å². The molecule has 0 aromatic heterocycles. The minimum Gasteiger partial charge on any atom is -0.494 e. The summed E-state index contributed by atoms with van der Waals surface area (Å²) in [5.41, 5.74) is 0.921. The maximum Gasteiger partial charge on any atom is 0.128 e. The maximum atomic E-state index is 9.60. The van der Waals surface area contributed by atoms with E-state index in [-0.39, 0.29) is 6.04 Å². The first kappa shape index (κ1) is 15.6. The van der Waals surface area contributed by atoms with Gasteiger partial charge in [0.05, 0.1) is 19.3 Å². The zero-order chi connectivity index (χ0) is 15.1. The van der Waals surface area contributed by atoms with Crippen LogP contribution in [0.3, 0.4) is 0 Å². The summed E-state index contributed by atoms with van der Waals surface area (Å²) in [7, 11) is 0. The molecule has 1 N–H and O–H groups in total. The number of benzene rings is 1. The molecule has 1 saturated heterocycles. The lowest BCUT2D eigenvalue weighted by Crippen LogP contribution is -2.44. The van der Waals surface area contributed by atoms with E-state index in [1.807, 2.05) is 32.0 Å². The Kier molecular flexibility index (Phi) is 5.85. The maximum absolute atomic E-state index is 9.60. The summed E-state index contributed by atoms with van der Waals surface area (Å²) in [5, 5.41) is 12.9. The molecule has 0 amide bonds. The fraction of sp³-hybridized carbons (Fsp3) is 0.562. The van der Waals surface area contributed by atoms with Gasteiger partial charge in [-0.2, -0.15) is 5.26 Å². The van der Waals surface area contributed by atoms with Gasteiger partial charge >= 0.3 is 0 Å². The van der Waals surface area contributed by atoms with Gasteiger partial charge in [0.1, 0.15) is 17.5 Å². The molecule has 21 heavy (non-hydrogen) atoms.